The molecule has 2 amide bonds. The lowest BCUT2D eigenvalue weighted by atomic mass is 10.2. The van der Waals surface area contributed by atoms with Crippen LogP contribution in [0, 0.1) is 5.82 Å². The van der Waals surface area contributed by atoms with Gasteiger partial charge in [0.15, 0.2) is 0 Å². The molecule has 1 aliphatic rings. The number of amides is 2. The number of hydrogen-bond acceptors (Lipinski definition) is 2. The van der Waals surface area contributed by atoms with Crippen LogP contribution in [0.4, 0.5) is 9.18 Å². The molecule has 1 fully saturated rings. The highest BCUT2D eigenvalue weighted by atomic mass is 19.1. The number of nitrogens with one attached hydrogen (secondary N) is 3. The smallest absolute Gasteiger partial charge is 0.315 e. The third kappa shape index (κ3) is 2.93. The minimum atomic E-state index is -0.289. The molecule has 1 aliphatic heterocycles. The zero-order valence-electron chi connectivity index (χ0n) is 8.79. The van der Waals surface area contributed by atoms with Crippen LogP contribution < -0.4 is 16.0 Å². The first kappa shape index (κ1) is 10.9. The van der Waals surface area contributed by atoms with E-state index < -0.39 is 0 Å². The highest BCUT2D eigenvalue weighted by Gasteiger charge is 2.18. The van der Waals surface area contributed by atoms with E-state index in [-0.39, 0.29) is 17.9 Å². The molecule has 0 aliphatic carbocycles. The number of rotatable bonds is 3. The second kappa shape index (κ2) is 4.94. The van der Waals surface area contributed by atoms with Crippen molar-refractivity contribution in [3.8, 4) is 0 Å². The Balaban J connectivity index is 1.75. The van der Waals surface area contributed by atoms with Gasteiger partial charge >= 0.3 is 6.03 Å². The van der Waals surface area contributed by atoms with Gasteiger partial charge < -0.3 is 16.0 Å². The number of benzene rings is 1. The van der Waals surface area contributed by atoms with Crippen LogP contribution in [-0.4, -0.2) is 25.2 Å². The van der Waals surface area contributed by atoms with Crippen molar-refractivity contribution in [1.29, 1.82) is 0 Å². The lowest BCUT2D eigenvalue weighted by Crippen LogP contribution is -2.58. The molecule has 4 nitrogen and oxygen atoms in total. The first-order valence-corrected chi connectivity index (χ1v) is 5.23. The molecule has 0 unspecified atom stereocenters. The maximum atomic E-state index is 12.8. The SMILES string of the molecule is O=C(NCc1cccc(F)c1)NC1CNC1. The van der Waals surface area contributed by atoms with Gasteiger partial charge in [0.25, 0.3) is 0 Å². The molecule has 5 heteroatoms. The van der Waals surface area contributed by atoms with E-state index in [0.717, 1.165) is 18.7 Å². The summed E-state index contributed by atoms with van der Waals surface area (Å²) >= 11 is 0. The van der Waals surface area contributed by atoms with Crippen molar-refractivity contribution in [2.75, 3.05) is 13.1 Å². The summed E-state index contributed by atoms with van der Waals surface area (Å²) in [6.45, 7) is 1.96. The highest BCUT2D eigenvalue weighted by Crippen LogP contribution is 2.02. The van der Waals surface area contributed by atoms with Crippen molar-refractivity contribution in [2.45, 2.75) is 12.6 Å². The Bertz CT molecular complexity index is 379. The molecule has 86 valence electrons. The number of urea groups is 1. The molecular weight excluding hydrogens is 209 g/mol. The molecule has 0 atom stereocenters. The quantitative estimate of drug-likeness (QED) is 0.702. The first-order chi connectivity index (χ1) is 7.74. The molecule has 1 aromatic rings. The largest absolute Gasteiger partial charge is 0.334 e. The summed E-state index contributed by atoms with van der Waals surface area (Å²) in [5.41, 5.74) is 0.752. The molecule has 16 heavy (non-hydrogen) atoms. The molecule has 0 aromatic heterocycles. The van der Waals surface area contributed by atoms with E-state index >= 15 is 0 Å². The maximum absolute atomic E-state index is 12.8. The van der Waals surface area contributed by atoms with E-state index in [2.05, 4.69) is 16.0 Å². The number of carbonyl (C=O) groups is 1. The van der Waals surface area contributed by atoms with Crippen molar-refractivity contribution in [3.63, 3.8) is 0 Å². The van der Waals surface area contributed by atoms with Crippen molar-refractivity contribution in [3.05, 3.63) is 35.6 Å². The van der Waals surface area contributed by atoms with E-state index in [9.17, 15) is 9.18 Å². The van der Waals surface area contributed by atoms with Gasteiger partial charge in [-0.3, -0.25) is 0 Å². The fourth-order valence-electron chi connectivity index (χ4n) is 1.46. The second-order valence-electron chi connectivity index (χ2n) is 3.81. The van der Waals surface area contributed by atoms with Gasteiger partial charge in [0.1, 0.15) is 5.82 Å². The average Bonchev–Trinajstić information content (AvgIpc) is 2.21. The zero-order chi connectivity index (χ0) is 11.4. The lowest BCUT2D eigenvalue weighted by molar-refractivity contribution is 0.231. The summed E-state index contributed by atoms with van der Waals surface area (Å²) in [6, 6.07) is 6.19. The Morgan fingerprint density at radius 3 is 2.94 bits per heavy atom. The first-order valence-electron chi connectivity index (χ1n) is 5.23. The molecule has 3 N–H and O–H groups in total. The molecule has 1 saturated heterocycles. The van der Waals surface area contributed by atoms with Crippen molar-refractivity contribution >= 4 is 6.03 Å². The summed E-state index contributed by atoms with van der Waals surface area (Å²) in [4.78, 5) is 11.4. The lowest BCUT2D eigenvalue weighted by Gasteiger charge is -2.27. The van der Waals surface area contributed by atoms with Gasteiger partial charge in [0.05, 0.1) is 6.04 Å². The third-order valence-corrected chi connectivity index (χ3v) is 2.46. The van der Waals surface area contributed by atoms with Crippen molar-refractivity contribution in [2.24, 2.45) is 0 Å². The fourth-order valence-corrected chi connectivity index (χ4v) is 1.46. The molecule has 2 rings (SSSR count). The summed E-state index contributed by atoms with van der Waals surface area (Å²) in [7, 11) is 0. The van der Waals surface area contributed by atoms with Crippen molar-refractivity contribution < 1.29 is 9.18 Å². The molecular formula is C11H14FN3O. The molecule has 0 spiro atoms. The monoisotopic (exact) mass is 223 g/mol. The molecule has 0 saturated carbocycles. The molecule has 1 heterocycles. The zero-order valence-corrected chi connectivity index (χ0v) is 8.79. The van der Waals surface area contributed by atoms with Crippen LogP contribution in [0.25, 0.3) is 0 Å². The minimum absolute atomic E-state index is 0.212. The van der Waals surface area contributed by atoms with E-state index in [1.807, 2.05) is 0 Å². The van der Waals surface area contributed by atoms with Crippen LogP contribution in [-0.2, 0) is 6.54 Å². The number of carbonyl (C=O) groups excluding carboxylic acids is 1. The van der Waals surface area contributed by atoms with E-state index in [4.69, 9.17) is 0 Å². The maximum Gasteiger partial charge on any atom is 0.315 e. The van der Waals surface area contributed by atoms with Gasteiger partial charge in [-0.05, 0) is 17.7 Å². The van der Waals surface area contributed by atoms with Gasteiger partial charge in [-0.25, -0.2) is 9.18 Å². The van der Waals surface area contributed by atoms with Crippen LogP contribution in [0.3, 0.4) is 0 Å². The Kier molecular flexibility index (Phi) is 3.36. The predicted molar refractivity (Wildman–Crippen MR) is 58.4 cm³/mol. The van der Waals surface area contributed by atoms with Gasteiger partial charge in [0.2, 0.25) is 0 Å². The summed E-state index contributed by atoms with van der Waals surface area (Å²) in [5, 5.41) is 8.53. The predicted octanol–water partition coefficient (Wildman–Crippen LogP) is 0.597. The number of hydrogen-bond donors (Lipinski definition) is 3. The Morgan fingerprint density at radius 2 is 2.31 bits per heavy atom. The van der Waals surface area contributed by atoms with Gasteiger partial charge in [-0.15, -0.1) is 0 Å². The molecule has 0 radical (unpaired) electrons. The standard InChI is InChI=1S/C11H14FN3O/c12-9-3-1-2-8(4-9)5-14-11(16)15-10-6-13-7-10/h1-4,10,13H,5-7H2,(H2,14,15,16). The summed E-state index contributed by atoms with van der Waals surface area (Å²) in [5.74, 6) is -0.289. The average molecular weight is 223 g/mol. The van der Waals surface area contributed by atoms with Crippen LogP contribution >= 0.6 is 0 Å². The van der Waals surface area contributed by atoms with Crippen LogP contribution in [0.1, 0.15) is 5.56 Å². The minimum Gasteiger partial charge on any atom is -0.334 e. The highest BCUT2D eigenvalue weighted by molar-refractivity contribution is 5.74. The Hall–Kier alpha value is -1.62. The van der Waals surface area contributed by atoms with Crippen LogP contribution in [0.5, 0.6) is 0 Å². The van der Waals surface area contributed by atoms with Crippen LogP contribution in [0.2, 0.25) is 0 Å². The normalized spacial score (nSPS) is 15.3. The van der Waals surface area contributed by atoms with E-state index in [1.54, 1.807) is 12.1 Å². The molecule has 0 bridgehead atoms. The number of halogens is 1. The topological polar surface area (TPSA) is 53.2 Å². The van der Waals surface area contributed by atoms with Crippen molar-refractivity contribution in [1.82, 2.24) is 16.0 Å². The Morgan fingerprint density at radius 1 is 1.50 bits per heavy atom. The van der Waals surface area contributed by atoms with Crippen LogP contribution in [0.15, 0.2) is 24.3 Å². The fraction of sp³-hybridized carbons (Fsp3) is 0.364. The second-order valence-corrected chi connectivity index (χ2v) is 3.81. The Labute approximate surface area is 93.2 Å². The van der Waals surface area contributed by atoms with Gasteiger partial charge in [-0.1, -0.05) is 12.1 Å². The third-order valence-electron chi connectivity index (χ3n) is 2.46. The molecule has 1 aromatic carbocycles. The summed E-state index contributed by atoms with van der Waals surface area (Å²) in [6.07, 6.45) is 0. The van der Waals surface area contributed by atoms with E-state index in [1.165, 1.54) is 12.1 Å². The van der Waals surface area contributed by atoms with E-state index in [0.29, 0.717) is 6.54 Å². The van der Waals surface area contributed by atoms with Gasteiger partial charge in [-0.2, -0.15) is 0 Å². The summed E-state index contributed by atoms with van der Waals surface area (Å²) < 4.78 is 12.8. The van der Waals surface area contributed by atoms with Gasteiger partial charge in [0, 0.05) is 19.6 Å².